The van der Waals surface area contributed by atoms with E-state index in [-0.39, 0.29) is 11.9 Å². The highest BCUT2D eigenvalue weighted by Crippen LogP contribution is 2.05. The molecule has 1 rings (SSSR count). The third-order valence-electron chi connectivity index (χ3n) is 3.10. The Labute approximate surface area is 124 Å². The molecule has 21 heavy (non-hydrogen) atoms. The highest BCUT2D eigenvalue weighted by atomic mass is 16.4. The number of hydrogen-bond donors (Lipinski definition) is 3. The molecular weight excluding hydrogens is 272 g/mol. The Morgan fingerprint density at radius 1 is 1.29 bits per heavy atom. The Morgan fingerprint density at radius 2 is 1.90 bits per heavy atom. The van der Waals surface area contributed by atoms with Gasteiger partial charge in [-0.15, -0.1) is 0 Å². The number of carboxylic acids is 1. The van der Waals surface area contributed by atoms with Crippen molar-refractivity contribution < 1.29 is 20.2 Å². The highest BCUT2D eigenvalue weighted by Gasteiger charge is 2.23. The van der Waals surface area contributed by atoms with Crippen molar-refractivity contribution in [1.29, 1.82) is 0 Å². The van der Waals surface area contributed by atoms with Gasteiger partial charge in [-0.1, -0.05) is 50.1 Å². The van der Waals surface area contributed by atoms with Gasteiger partial charge in [0.25, 0.3) is 0 Å². The van der Waals surface area contributed by atoms with Gasteiger partial charge < -0.3 is 21.6 Å². The molecule has 2 atom stereocenters. The average molecular weight is 296 g/mol. The second-order valence-corrected chi connectivity index (χ2v) is 4.84. The molecule has 6 heteroatoms. The van der Waals surface area contributed by atoms with Crippen molar-refractivity contribution in [3.05, 3.63) is 35.9 Å². The monoisotopic (exact) mass is 296 g/mol. The molecule has 0 heterocycles. The number of benzene rings is 1. The number of aliphatic carboxylic acids is 1. The van der Waals surface area contributed by atoms with E-state index in [0.717, 1.165) is 18.4 Å². The lowest BCUT2D eigenvalue weighted by Crippen LogP contribution is -2.49. The maximum Gasteiger partial charge on any atom is 0.326 e. The molecule has 0 radical (unpaired) electrons. The number of amides is 1. The van der Waals surface area contributed by atoms with Crippen LogP contribution in [0.2, 0.25) is 0 Å². The Balaban J connectivity index is 0.00000400. The quantitative estimate of drug-likeness (QED) is 0.645. The van der Waals surface area contributed by atoms with E-state index in [0.29, 0.717) is 6.42 Å². The van der Waals surface area contributed by atoms with E-state index in [2.05, 4.69) is 5.32 Å². The minimum Gasteiger partial charge on any atom is -0.480 e. The number of carboxylic acid groups (broad SMARTS) is 1. The number of carbonyl (C=O) groups is 2. The van der Waals surface area contributed by atoms with Crippen LogP contribution in [0.1, 0.15) is 31.7 Å². The van der Waals surface area contributed by atoms with Crippen LogP contribution < -0.4 is 11.1 Å². The second-order valence-electron chi connectivity index (χ2n) is 4.84. The maximum absolute atomic E-state index is 11.9. The Hall–Kier alpha value is -1.92. The molecule has 0 bridgehead atoms. The van der Waals surface area contributed by atoms with Gasteiger partial charge in [-0.3, -0.25) is 4.79 Å². The van der Waals surface area contributed by atoms with E-state index < -0.39 is 24.0 Å². The number of rotatable bonds is 8. The molecule has 0 aromatic heterocycles. The molecule has 0 spiro atoms. The number of nitrogens with two attached hydrogens (primary N) is 1. The summed E-state index contributed by atoms with van der Waals surface area (Å²) in [5.41, 5.74) is 6.60. The lowest BCUT2D eigenvalue weighted by molar-refractivity contribution is -0.142. The third-order valence-corrected chi connectivity index (χ3v) is 3.10. The van der Waals surface area contributed by atoms with Crippen LogP contribution >= 0.6 is 0 Å². The number of unbranched alkanes of at least 4 members (excludes halogenated alkanes) is 1. The van der Waals surface area contributed by atoms with Crippen LogP contribution in [0.25, 0.3) is 0 Å². The van der Waals surface area contributed by atoms with Crippen molar-refractivity contribution in [3.63, 3.8) is 0 Å². The summed E-state index contributed by atoms with van der Waals surface area (Å²) in [5.74, 6) is -1.45. The summed E-state index contributed by atoms with van der Waals surface area (Å²) in [6.45, 7) is 2.01. The maximum atomic E-state index is 11.9. The Bertz CT molecular complexity index is 437. The summed E-state index contributed by atoms with van der Waals surface area (Å²) < 4.78 is 0. The summed E-state index contributed by atoms with van der Waals surface area (Å²) in [6, 6.07) is 7.60. The van der Waals surface area contributed by atoms with Crippen molar-refractivity contribution in [2.75, 3.05) is 0 Å². The van der Waals surface area contributed by atoms with Crippen molar-refractivity contribution in [3.8, 4) is 0 Å². The van der Waals surface area contributed by atoms with Crippen molar-refractivity contribution >= 4 is 11.9 Å². The number of hydrogen-bond acceptors (Lipinski definition) is 3. The summed E-state index contributed by atoms with van der Waals surface area (Å²) >= 11 is 0. The van der Waals surface area contributed by atoms with Crippen LogP contribution in [-0.2, 0) is 16.0 Å². The van der Waals surface area contributed by atoms with Gasteiger partial charge in [0.05, 0.1) is 6.04 Å². The van der Waals surface area contributed by atoms with Crippen molar-refractivity contribution in [2.24, 2.45) is 5.73 Å². The second kappa shape index (κ2) is 9.90. The van der Waals surface area contributed by atoms with Crippen LogP contribution in [0.5, 0.6) is 0 Å². The van der Waals surface area contributed by atoms with E-state index in [9.17, 15) is 14.7 Å². The Morgan fingerprint density at radius 3 is 2.43 bits per heavy atom. The number of nitrogens with one attached hydrogen (secondary N) is 1. The van der Waals surface area contributed by atoms with Crippen molar-refractivity contribution in [2.45, 2.75) is 44.7 Å². The molecule has 118 valence electrons. The van der Waals surface area contributed by atoms with E-state index in [1.165, 1.54) is 0 Å². The first-order valence-corrected chi connectivity index (χ1v) is 6.87. The third kappa shape index (κ3) is 6.87. The smallest absolute Gasteiger partial charge is 0.326 e. The summed E-state index contributed by atoms with van der Waals surface area (Å²) in [6.07, 6.45) is 2.63. The highest BCUT2D eigenvalue weighted by molar-refractivity contribution is 5.86. The SMILES string of the molecule is CCCCC(N)C(=O)NC(Cc1ccccc1)C(=O)O.O. The van der Waals surface area contributed by atoms with Crippen LogP contribution in [-0.4, -0.2) is 34.5 Å². The normalized spacial score (nSPS) is 12.9. The number of carbonyl (C=O) groups excluding carboxylic acids is 1. The molecule has 0 fully saturated rings. The molecule has 0 aliphatic heterocycles. The van der Waals surface area contributed by atoms with Gasteiger partial charge in [-0.25, -0.2) is 4.79 Å². The van der Waals surface area contributed by atoms with Crippen LogP contribution in [0.3, 0.4) is 0 Å². The molecule has 2 unspecified atom stereocenters. The Kier molecular flexibility index (Phi) is 9.00. The fourth-order valence-corrected chi connectivity index (χ4v) is 1.88. The standard InChI is InChI=1S/C15H22N2O3.H2O/c1-2-3-9-12(16)14(18)17-13(15(19)20)10-11-7-5-4-6-8-11;/h4-8,12-13H,2-3,9-10,16H2,1H3,(H,17,18)(H,19,20);1H2. The predicted molar refractivity (Wildman–Crippen MR) is 80.8 cm³/mol. The topological polar surface area (TPSA) is 124 Å². The minimum absolute atomic E-state index is 0. The molecule has 1 amide bonds. The van der Waals surface area contributed by atoms with Gasteiger partial charge in [0.1, 0.15) is 6.04 Å². The van der Waals surface area contributed by atoms with E-state index in [4.69, 9.17) is 5.73 Å². The molecule has 0 saturated heterocycles. The lowest BCUT2D eigenvalue weighted by Gasteiger charge is -2.17. The van der Waals surface area contributed by atoms with Crippen LogP contribution in [0.4, 0.5) is 0 Å². The summed E-state index contributed by atoms with van der Waals surface area (Å²) in [5, 5.41) is 11.7. The zero-order chi connectivity index (χ0) is 15.0. The van der Waals surface area contributed by atoms with Crippen molar-refractivity contribution in [1.82, 2.24) is 5.32 Å². The van der Waals surface area contributed by atoms with Crippen LogP contribution in [0, 0.1) is 0 Å². The molecule has 0 aliphatic rings. The van der Waals surface area contributed by atoms with Gasteiger partial charge >= 0.3 is 5.97 Å². The first kappa shape index (κ1) is 19.1. The van der Waals surface area contributed by atoms with Gasteiger partial charge in [0.2, 0.25) is 5.91 Å². The minimum atomic E-state index is -1.05. The zero-order valence-corrected chi connectivity index (χ0v) is 12.2. The fourth-order valence-electron chi connectivity index (χ4n) is 1.88. The largest absolute Gasteiger partial charge is 0.480 e. The molecule has 0 aliphatic carbocycles. The van der Waals surface area contributed by atoms with Crippen LogP contribution in [0.15, 0.2) is 30.3 Å². The first-order valence-electron chi connectivity index (χ1n) is 6.87. The molecule has 6 N–H and O–H groups in total. The average Bonchev–Trinajstić information content (AvgIpc) is 2.44. The summed E-state index contributed by atoms with van der Waals surface area (Å²) in [7, 11) is 0. The van der Waals surface area contributed by atoms with E-state index >= 15 is 0 Å². The van der Waals surface area contributed by atoms with Gasteiger partial charge in [0, 0.05) is 6.42 Å². The molecule has 1 aromatic rings. The molecule has 1 aromatic carbocycles. The summed E-state index contributed by atoms with van der Waals surface area (Å²) in [4.78, 5) is 23.1. The van der Waals surface area contributed by atoms with E-state index in [1.54, 1.807) is 0 Å². The molecule has 6 nitrogen and oxygen atoms in total. The predicted octanol–water partition coefficient (Wildman–Crippen LogP) is 0.491. The van der Waals surface area contributed by atoms with Gasteiger partial charge in [-0.2, -0.15) is 0 Å². The van der Waals surface area contributed by atoms with Gasteiger partial charge in [0.15, 0.2) is 0 Å². The zero-order valence-electron chi connectivity index (χ0n) is 12.2. The van der Waals surface area contributed by atoms with E-state index in [1.807, 2.05) is 37.3 Å². The first-order chi connectivity index (χ1) is 9.54. The van der Waals surface area contributed by atoms with Gasteiger partial charge in [-0.05, 0) is 12.0 Å². The molecule has 0 saturated carbocycles. The lowest BCUT2D eigenvalue weighted by atomic mass is 10.0. The molecular formula is C15H24N2O4. The fraction of sp³-hybridized carbons (Fsp3) is 0.467.